The second-order valence-electron chi connectivity index (χ2n) is 9.66. The molecular weight excluding hydrogens is 397 g/mol. The quantitative estimate of drug-likeness (QED) is 0.679. The summed E-state index contributed by atoms with van der Waals surface area (Å²) in [5.41, 5.74) is -0.462. The van der Waals surface area contributed by atoms with E-state index in [1.165, 1.54) is 0 Å². The zero-order valence-corrected chi connectivity index (χ0v) is 17.9. The van der Waals surface area contributed by atoms with E-state index in [1.54, 1.807) is 43.7 Å². The van der Waals surface area contributed by atoms with Crippen molar-refractivity contribution in [1.29, 1.82) is 0 Å². The SMILES string of the molecule is CN1c2c(cc(OCC3CC3)cc2C(F)(F)F)[C@H]2CN(C(=O)OC(C)(C)C)CC[C@H]21. The van der Waals surface area contributed by atoms with Crippen LogP contribution in [0.1, 0.15) is 57.1 Å². The summed E-state index contributed by atoms with van der Waals surface area (Å²) >= 11 is 0. The van der Waals surface area contributed by atoms with Gasteiger partial charge in [0.2, 0.25) is 0 Å². The summed E-state index contributed by atoms with van der Waals surface area (Å²) < 4.78 is 52.9. The number of carbonyl (C=O) groups is 1. The number of carbonyl (C=O) groups excluding carboxylic acids is 1. The number of alkyl halides is 3. The summed E-state index contributed by atoms with van der Waals surface area (Å²) in [6.45, 7) is 6.64. The normalized spacial score (nSPS) is 23.8. The Kier molecular flexibility index (Phi) is 5.10. The zero-order valence-electron chi connectivity index (χ0n) is 17.9. The summed E-state index contributed by atoms with van der Waals surface area (Å²) in [6.07, 6.45) is -2.18. The molecule has 0 N–H and O–H groups in total. The number of likely N-dealkylation sites (N-methyl/N-ethyl adjacent to an activating group) is 1. The predicted octanol–water partition coefficient (Wildman–Crippen LogP) is 5.04. The molecule has 1 aromatic carbocycles. The van der Waals surface area contributed by atoms with Crippen LogP contribution in [0.2, 0.25) is 0 Å². The van der Waals surface area contributed by atoms with Gasteiger partial charge in [0, 0.05) is 32.1 Å². The van der Waals surface area contributed by atoms with Crippen molar-refractivity contribution in [3.63, 3.8) is 0 Å². The molecule has 0 spiro atoms. The number of anilines is 1. The molecule has 4 rings (SSSR count). The van der Waals surface area contributed by atoms with E-state index < -0.39 is 23.4 Å². The highest BCUT2D eigenvalue weighted by Gasteiger charge is 2.47. The lowest BCUT2D eigenvalue weighted by Crippen LogP contribution is -2.48. The van der Waals surface area contributed by atoms with Gasteiger partial charge in [0.25, 0.3) is 0 Å². The average molecular weight is 426 g/mol. The molecule has 1 aliphatic carbocycles. The van der Waals surface area contributed by atoms with Crippen LogP contribution in [0.15, 0.2) is 12.1 Å². The molecule has 8 heteroatoms. The molecule has 3 aliphatic rings. The maximum Gasteiger partial charge on any atom is 0.418 e. The van der Waals surface area contributed by atoms with Crippen LogP contribution in [0, 0.1) is 5.92 Å². The number of hydrogen-bond acceptors (Lipinski definition) is 4. The summed E-state index contributed by atoms with van der Waals surface area (Å²) in [4.78, 5) is 15.9. The van der Waals surface area contributed by atoms with Gasteiger partial charge in [-0.3, -0.25) is 0 Å². The van der Waals surface area contributed by atoms with E-state index in [1.807, 2.05) is 0 Å². The highest BCUT2D eigenvalue weighted by Crippen LogP contribution is 2.51. The highest BCUT2D eigenvalue weighted by molar-refractivity contribution is 5.72. The Morgan fingerprint density at radius 1 is 1.17 bits per heavy atom. The minimum atomic E-state index is -4.48. The van der Waals surface area contributed by atoms with E-state index in [0.717, 1.165) is 18.9 Å². The first-order valence-electron chi connectivity index (χ1n) is 10.5. The van der Waals surface area contributed by atoms with E-state index in [4.69, 9.17) is 9.47 Å². The number of amides is 1. The fourth-order valence-electron chi connectivity index (χ4n) is 4.47. The Labute approximate surface area is 175 Å². The van der Waals surface area contributed by atoms with Crippen molar-refractivity contribution in [2.45, 2.75) is 63.8 Å². The van der Waals surface area contributed by atoms with Gasteiger partial charge in [0.15, 0.2) is 0 Å². The van der Waals surface area contributed by atoms with E-state index >= 15 is 0 Å². The van der Waals surface area contributed by atoms with E-state index in [2.05, 4.69) is 0 Å². The zero-order chi connectivity index (χ0) is 21.8. The molecule has 1 aromatic rings. The molecule has 30 heavy (non-hydrogen) atoms. The lowest BCUT2D eigenvalue weighted by molar-refractivity contribution is -0.137. The fourth-order valence-corrected chi connectivity index (χ4v) is 4.47. The number of likely N-dealkylation sites (tertiary alicyclic amines) is 1. The first-order chi connectivity index (χ1) is 13.9. The Bertz CT molecular complexity index is 830. The third-order valence-corrected chi connectivity index (χ3v) is 6.08. The van der Waals surface area contributed by atoms with Crippen molar-refractivity contribution in [1.82, 2.24) is 4.90 Å². The molecule has 166 valence electrons. The van der Waals surface area contributed by atoms with Crippen molar-refractivity contribution in [2.24, 2.45) is 5.92 Å². The highest BCUT2D eigenvalue weighted by atomic mass is 19.4. The van der Waals surface area contributed by atoms with Gasteiger partial charge >= 0.3 is 12.3 Å². The van der Waals surface area contributed by atoms with Gasteiger partial charge in [0.1, 0.15) is 11.4 Å². The standard InChI is InChI=1S/C22H29F3N2O3/c1-21(2,3)30-20(28)27-8-7-18-16(11-27)15-9-14(29-12-13-5-6-13)10-17(22(23,24)25)19(15)26(18)4/h9-10,13,16,18H,5-8,11-12H2,1-4H3/t16-,18-/m1/s1. The lowest BCUT2D eigenvalue weighted by Gasteiger charge is -2.38. The molecule has 5 nitrogen and oxygen atoms in total. The van der Waals surface area contributed by atoms with Crippen molar-refractivity contribution in [3.05, 3.63) is 23.3 Å². The summed E-state index contributed by atoms with van der Waals surface area (Å²) in [5.74, 6) is 0.494. The molecule has 1 saturated heterocycles. The first-order valence-corrected chi connectivity index (χ1v) is 10.5. The molecule has 1 saturated carbocycles. The van der Waals surface area contributed by atoms with E-state index in [-0.39, 0.29) is 23.4 Å². The number of halogens is 3. The lowest BCUT2D eigenvalue weighted by atomic mass is 9.88. The molecule has 1 amide bonds. The number of ether oxygens (including phenoxy) is 2. The molecule has 0 aromatic heterocycles. The van der Waals surface area contributed by atoms with Crippen molar-refractivity contribution in [3.8, 4) is 5.75 Å². The van der Waals surface area contributed by atoms with Crippen LogP contribution >= 0.6 is 0 Å². The van der Waals surface area contributed by atoms with Crippen LogP contribution in [0.4, 0.5) is 23.7 Å². The molecule has 0 radical (unpaired) electrons. The predicted molar refractivity (Wildman–Crippen MR) is 107 cm³/mol. The van der Waals surface area contributed by atoms with Crippen LogP contribution in [0.25, 0.3) is 0 Å². The van der Waals surface area contributed by atoms with E-state index in [9.17, 15) is 18.0 Å². The van der Waals surface area contributed by atoms with E-state index in [0.29, 0.717) is 37.6 Å². The number of nitrogens with zero attached hydrogens (tertiary/aromatic N) is 2. The van der Waals surface area contributed by atoms with Gasteiger partial charge in [0.05, 0.1) is 17.9 Å². The molecule has 2 aliphatic heterocycles. The molecule has 2 fully saturated rings. The van der Waals surface area contributed by atoms with Crippen LogP contribution in [-0.2, 0) is 10.9 Å². The Morgan fingerprint density at radius 3 is 2.47 bits per heavy atom. The number of hydrogen-bond donors (Lipinski definition) is 0. The minimum absolute atomic E-state index is 0.0848. The van der Waals surface area contributed by atoms with Crippen LogP contribution < -0.4 is 9.64 Å². The number of rotatable bonds is 3. The van der Waals surface area contributed by atoms with Crippen LogP contribution in [0.5, 0.6) is 5.75 Å². The second-order valence-corrected chi connectivity index (χ2v) is 9.66. The topological polar surface area (TPSA) is 42.0 Å². The largest absolute Gasteiger partial charge is 0.493 e. The second kappa shape index (κ2) is 7.24. The summed E-state index contributed by atoms with van der Waals surface area (Å²) in [7, 11) is 1.71. The Hall–Kier alpha value is -2.12. The van der Waals surface area contributed by atoms with Crippen molar-refractivity contribution in [2.75, 3.05) is 31.6 Å². The maximum absolute atomic E-state index is 13.9. The van der Waals surface area contributed by atoms with Gasteiger partial charge in [-0.05, 0) is 63.6 Å². The van der Waals surface area contributed by atoms with Gasteiger partial charge in [-0.15, -0.1) is 0 Å². The Morgan fingerprint density at radius 2 is 1.87 bits per heavy atom. The van der Waals surface area contributed by atoms with Gasteiger partial charge < -0.3 is 19.3 Å². The number of benzene rings is 1. The van der Waals surface area contributed by atoms with Gasteiger partial charge in [-0.25, -0.2) is 4.79 Å². The third kappa shape index (κ3) is 4.18. The molecule has 2 heterocycles. The number of piperidine rings is 1. The minimum Gasteiger partial charge on any atom is -0.493 e. The smallest absolute Gasteiger partial charge is 0.418 e. The average Bonchev–Trinajstić information content (AvgIpc) is 3.42. The molecule has 0 bridgehead atoms. The van der Waals surface area contributed by atoms with Crippen LogP contribution in [0.3, 0.4) is 0 Å². The number of fused-ring (bicyclic) bond motifs is 3. The molecule has 0 unspecified atom stereocenters. The van der Waals surface area contributed by atoms with Gasteiger partial charge in [-0.1, -0.05) is 0 Å². The Balaban J connectivity index is 1.65. The first kappa shape index (κ1) is 21.1. The third-order valence-electron chi connectivity index (χ3n) is 6.08. The van der Waals surface area contributed by atoms with Crippen molar-refractivity contribution >= 4 is 11.8 Å². The monoisotopic (exact) mass is 426 g/mol. The van der Waals surface area contributed by atoms with Gasteiger partial charge in [-0.2, -0.15) is 13.2 Å². The van der Waals surface area contributed by atoms with Crippen molar-refractivity contribution < 1.29 is 27.4 Å². The summed E-state index contributed by atoms with van der Waals surface area (Å²) in [6, 6.07) is 2.78. The molecule has 2 atom stereocenters. The fraction of sp³-hybridized carbons (Fsp3) is 0.682. The summed E-state index contributed by atoms with van der Waals surface area (Å²) in [5, 5.41) is 0. The maximum atomic E-state index is 13.9. The van der Waals surface area contributed by atoms with Crippen LogP contribution in [-0.4, -0.2) is 49.4 Å². The molecular formula is C22H29F3N2O3.